The molecule has 2 aliphatic rings. The van der Waals surface area contributed by atoms with Crippen molar-refractivity contribution in [3.63, 3.8) is 0 Å². The van der Waals surface area contributed by atoms with Gasteiger partial charge < -0.3 is 15.3 Å². The van der Waals surface area contributed by atoms with Crippen molar-refractivity contribution >= 4 is 17.8 Å². The first kappa shape index (κ1) is 14.8. The summed E-state index contributed by atoms with van der Waals surface area (Å²) >= 11 is 0. The van der Waals surface area contributed by atoms with Crippen LogP contribution in [0.5, 0.6) is 0 Å². The molecule has 2 unspecified atom stereocenters. The fourth-order valence-corrected chi connectivity index (χ4v) is 3.15. The Kier molecular flexibility index (Phi) is 4.62. The van der Waals surface area contributed by atoms with E-state index in [2.05, 4.69) is 5.32 Å². The average Bonchev–Trinajstić information content (AvgIpc) is 2.95. The van der Waals surface area contributed by atoms with E-state index in [1.807, 2.05) is 4.90 Å². The minimum atomic E-state index is -0.937. The number of carbonyl (C=O) groups is 3. The zero-order valence-electron chi connectivity index (χ0n) is 11.8. The van der Waals surface area contributed by atoms with Gasteiger partial charge in [-0.2, -0.15) is 0 Å². The number of hydrogen-bond acceptors (Lipinski definition) is 3. The van der Waals surface area contributed by atoms with E-state index in [9.17, 15) is 14.4 Å². The molecule has 0 aromatic rings. The molecular formula is C14H22N2O4. The predicted molar refractivity (Wildman–Crippen MR) is 71.9 cm³/mol. The Bertz CT molecular complexity index is 404. The second-order valence-corrected chi connectivity index (χ2v) is 5.89. The Balaban J connectivity index is 1.85. The number of likely N-dealkylation sites (tertiary alicyclic amines) is 1. The lowest BCUT2D eigenvalue weighted by Gasteiger charge is -2.24. The van der Waals surface area contributed by atoms with Crippen molar-refractivity contribution in [2.24, 2.45) is 5.92 Å². The first-order valence-electron chi connectivity index (χ1n) is 7.29. The largest absolute Gasteiger partial charge is 0.481 e. The van der Waals surface area contributed by atoms with Gasteiger partial charge >= 0.3 is 5.97 Å². The number of aliphatic carboxylic acids is 1. The van der Waals surface area contributed by atoms with Crippen molar-refractivity contribution in [3.05, 3.63) is 0 Å². The van der Waals surface area contributed by atoms with Crippen molar-refractivity contribution in [1.29, 1.82) is 0 Å². The second-order valence-electron chi connectivity index (χ2n) is 5.89. The van der Waals surface area contributed by atoms with Gasteiger partial charge in [-0.15, -0.1) is 0 Å². The van der Waals surface area contributed by atoms with Gasteiger partial charge in [0.05, 0.1) is 12.3 Å². The molecule has 20 heavy (non-hydrogen) atoms. The van der Waals surface area contributed by atoms with Crippen LogP contribution in [-0.4, -0.2) is 46.4 Å². The zero-order valence-corrected chi connectivity index (χ0v) is 11.8. The predicted octanol–water partition coefficient (Wildman–Crippen LogP) is 0.757. The molecule has 2 fully saturated rings. The zero-order chi connectivity index (χ0) is 14.7. The molecule has 1 heterocycles. The summed E-state index contributed by atoms with van der Waals surface area (Å²) in [5.41, 5.74) is 0. The molecule has 1 aliphatic carbocycles. The third-order valence-electron chi connectivity index (χ3n) is 4.16. The molecule has 6 nitrogen and oxygen atoms in total. The lowest BCUT2D eigenvalue weighted by molar-refractivity contribution is -0.137. The van der Waals surface area contributed by atoms with Crippen LogP contribution in [-0.2, 0) is 14.4 Å². The highest BCUT2D eigenvalue weighted by Gasteiger charge is 2.38. The van der Waals surface area contributed by atoms with Crippen molar-refractivity contribution < 1.29 is 19.5 Å². The van der Waals surface area contributed by atoms with Crippen LogP contribution in [0.3, 0.4) is 0 Å². The molecular weight excluding hydrogens is 260 g/mol. The van der Waals surface area contributed by atoms with E-state index in [1.165, 1.54) is 0 Å². The number of nitrogens with one attached hydrogen (secondary N) is 1. The molecule has 1 saturated carbocycles. The van der Waals surface area contributed by atoms with Crippen LogP contribution in [0.4, 0.5) is 0 Å². The Labute approximate surface area is 118 Å². The number of hydrogen-bond donors (Lipinski definition) is 2. The maximum absolute atomic E-state index is 12.1. The maximum atomic E-state index is 12.1. The van der Waals surface area contributed by atoms with Crippen LogP contribution < -0.4 is 5.32 Å². The highest BCUT2D eigenvalue weighted by atomic mass is 16.4. The summed E-state index contributed by atoms with van der Waals surface area (Å²) in [6, 6.07) is -0.104. The van der Waals surface area contributed by atoms with E-state index in [1.54, 1.807) is 6.92 Å². The molecule has 2 atom stereocenters. The van der Waals surface area contributed by atoms with E-state index in [0.717, 1.165) is 25.7 Å². The third kappa shape index (κ3) is 3.49. The summed E-state index contributed by atoms with van der Waals surface area (Å²) in [4.78, 5) is 36.5. The summed E-state index contributed by atoms with van der Waals surface area (Å²) in [6.07, 6.45) is 4.54. The lowest BCUT2D eigenvalue weighted by Crippen LogP contribution is -2.40. The van der Waals surface area contributed by atoms with E-state index < -0.39 is 12.0 Å². The van der Waals surface area contributed by atoms with Crippen LogP contribution in [0, 0.1) is 5.92 Å². The Morgan fingerprint density at radius 3 is 2.65 bits per heavy atom. The Morgan fingerprint density at radius 2 is 2.05 bits per heavy atom. The number of carbonyl (C=O) groups excluding carboxylic acids is 2. The topological polar surface area (TPSA) is 86.7 Å². The summed E-state index contributed by atoms with van der Waals surface area (Å²) in [6.45, 7) is 2.15. The van der Waals surface area contributed by atoms with Crippen LogP contribution in [0.1, 0.15) is 45.4 Å². The molecule has 0 aromatic carbocycles. The van der Waals surface area contributed by atoms with Crippen molar-refractivity contribution in [3.8, 4) is 0 Å². The number of carboxylic acid groups (broad SMARTS) is 1. The first-order valence-corrected chi connectivity index (χ1v) is 7.29. The highest BCUT2D eigenvalue weighted by molar-refractivity contribution is 5.89. The standard InChI is InChI=1S/C14H22N2O4/c1-9(6-13(18)19)15-14(20)10-7-12(17)16(8-10)11-4-2-3-5-11/h9-11H,2-8H2,1H3,(H,15,20)(H,18,19). The molecule has 2 rings (SSSR count). The third-order valence-corrected chi connectivity index (χ3v) is 4.16. The van der Waals surface area contributed by atoms with Gasteiger partial charge in [-0.3, -0.25) is 14.4 Å². The smallest absolute Gasteiger partial charge is 0.305 e. The molecule has 0 bridgehead atoms. The van der Waals surface area contributed by atoms with Gasteiger partial charge in [-0.1, -0.05) is 12.8 Å². The fraction of sp³-hybridized carbons (Fsp3) is 0.786. The quantitative estimate of drug-likeness (QED) is 0.779. The van der Waals surface area contributed by atoms with Gasteiger partial charge in [0.2, 0.25) is 11.8 Å². The molecule has 1 aliphatic heterocycles. The average molecular weight is 282 g/mol. The second kappa shape index (κ2) is 6.24. The Hall–Kier alpha value is -1.59. The molecule has 2 N–H and O–H groups in total. The maximum Gasteiger partial charge on any atom is 0.305 e. The van der Waals surface area contributed by atoms with E-state index in [0.29, 0.717) is 12.6 Å². The minimum absolute atomic E-state index is 0.0583. The molecule has 1 saturated heterocycles. The summed E-state index contributed by atoms with van der Waals surface area (Å²) in [7, 11) is 0. The number of amides is 2. The van der Waals surface area contributed by atoms with Gasteiger partial charge in [0.25, 0.3) is 0 Å². The molecule has 0 aromatic heterocycles. The van der Waals surface area contributed by atoms with Gasteiger partial charge in [0.1, 0.15) is 0 Å². The summed E-state index contributed by atoms with van der Waals surface area (Å²) < 4.78 is 0. The van der Waals surface area contributed by atoms with Gasteiger partial charge in [-0.05, 0) is 19.8 Å². The molecule has 0 spiro atoms. The number of rotatable bonds is 5. The van der Waals surface area contributed by atoms with Crippen molar-refractivity contribution in [2.45, 2.75) is 57.5 Å². The van der Waals surface area contributed by atoms with Crippen LogP contribution >= 0.6 is 0 Å². The van der Waals surface area contributed by atoms with E-state index in [-0.39, 0.29) is 30.6 Å². The minimum Gasteiger partial charge on any atom is -0.481 e. The SMILES string of the molecule is CC(CC(=O)O)NC(=O)C1CC(=O)N(C2CCCC2)C1. The van der Waals surface area contributed by atoms with E-state index in [4.69, 9.17) is 5.11 Å². The molecule has 2 amide bonds. The highest BCUT2D eigenvalue weighted by Crippen LogP contribution is 2.29. The lowest BCUT2D eigenvalue weighted by atomic mass is 10.1. The summed E-state index contributed by atoms with van der Waals surface area (Å²) in [5.74, 6) is -1.41. The van der Waals surface area contributed by atoms with E-state index >= 15 is 0 Å². The molecule has 0 radical (unpaired) electrons. The van der Waals surface area contributed by atoms with Crippen molar-refractivity contribution in [2.75, 3.05) is 6.54 Å². The molecule has 6 heteroatoms. The fourth-order valence-electron chi connectivity index (χ4n) is 3.15. The van der Waals surface area contributed by atoms with Gasteiger partial charge in [0.15, 0.2) is 0 Å². The monoisotopic (exact) mass is 282 g/mol. The van der Waals surface area contributed by atoms with Crippen LogP contribution in [0.25, 0.3) is 0 Å². The van der Waals surface area contributed by atoms with Crippen molar-refractivity contribution in [1.82, 2.24) is 10.2 Å². The van der Waals surface area contributed by atoms with Crippen LogP contribution in [0.15, 0.2) is 0 Å². The number of carboxylic acids is 1. The normalized spacial score (nSPS) is 24.9. The Morgan fingerprint density at radius 1 is 1.40 bits per heavy atom. The van der Waals surface area contributed by atoms with Gasteiger partial charge in [0, 0.05) is 25.0 Å². The number of nitrogens with zero attached hydrogens (tertiary/aromatic N) is 1. The first-order chi connectivity index (χ1) is 9.47. The molecule has 112 valence electrons. The van der Waals surface area contributed by atoms with Gasteiger partial charge in [-0.25, -0.2) is 0 Å². The van der Waals surface area contributed by atoms with Crippen LogP contribution in [0.2, 0.25) is 0 Å². The summed E-state index contributed by atoms with van der Waals surface area (Å²) in [5, 5.41) is 11.4.